The van der Waals surface area contributed by atoms with Crippen LogP contribution in [0.3, 0.4) is 0 Å². The third kappa shape index (κ3) is 3.10. The van der Waals surface area contributed by atoms with Gasteiger partial charge in [-0.2, -0.15) is 0 Å². The summed E-state index contributed by atoms with van der Waals surface area (Å²) in [6.45, 7) is 1.04. The Kier molecular flexibility index (Phi) is 4.50. The van der Waals surface area contributed by atoms with Gasteiger partial charge in [0.1, 0.15) is 11.7 Å². The molecular formula is C15H19N5O4. The van der Waals surface area contributed by atoms with Crippen molar-refractivity contribution in [2.24, 2.45) is 7.05 Å². The van der Waals surface area contributed by atoms with Crippen molar-refractivity contribution in [1.29, 1.82) is 0 Å². The number of carbonyl (C=O) groups is 1. The van der Waals surface area contributed by atoms with E-state index in [-0.39, 0.29) is 12.0 Å². The lowest BCUT2D eigenvalue weighted by Gasteiger charge is -2.17. The van der Waals surface area contributed by atoms with E-state index in [9.17, 15) is 4.79 Å². The second-order valence-corrected chi connectivity index (χ2v) is 5.38. The van der Waals surface area contributed by atoms with Crippen molar-refractivity contribution in [2.75, 3.05) is 27.3 Å². The average Bonchev–Trinajstić information content (AvgIpc) is 3.21. The van der Waals surface area contributed by atoms with Gasteiger partial charge in [-0.1, -0.05) is 0 Å². The van der Waals surface area contributed by atoms with Crippen molar-refractivity contribution < 1.29 is 19.0 Å². The largest absolute Gasteiger partial charge is 0.479 e. The standard InChI is InChI=1S/C15H19N5O4/c1-19-9-11(12(18-19)22-2)15(21)20-7-4-10(8-20)24-14-13(23-3)16-5-6-17-14/h5-6,9-10H,4,7-8H2,1-3H3/t10-/m0/s1. The van der Waals surface area contributed by atoms with E-state index in [1.807, 2.05) is 0 Å². The quantitative estimate of drug-likeness (QED) is 0.787. The maximum atomic E-state index is 12.6. The Labute approximate surface area is 139 Å². The van der Waals surface area contributed by atoms with Crippen LogP contribution in [-0.2, 0) is 7.05 Å². The molecule has 2 aromatic heterocycles. The molecule has 1 aliphatic heterocycles. The molecule has 0 unspecified atom stereocenters. The molecule has 0 aliphatic carbocycles. The fraction of sp³-hybridized carbons (Fsp3) is 0.467. The highest BCUT2D eigenvalue weighted by molar-refractivity contribution is 5.96. The summed E-state index contributed by atoms with van der Waals surface area (Å²) in [6.07, 6.45) is 5.26. The first-order valence-electron chi connectivity index (χ1n) is 7.51. The highest BCUT2D eigenvalue weighted by Crippen LogP contribution is 2.25. The summed E-state index contributed by atoms with van der Waals surface area (Å²) < 4.78 is 17.7. The van der Waals surface area contributed by atoms with Crippen LogP contribution in [0.1, 0.15) is 16.8 Å². The summed E-state index contributed by atoms with van der Waals surface area (Å²) in [5.41, 5.74) is 0.442. The van der Waals surface area contributed by atoms with Crippen LogP contribution < -0.4 is 14.2 Å². The Hall–Kier alpha value is -2.84. The molecule has 1 atom stereocenters. The molecule has 1 saturated heterocycles. The molecule has 3 rings (SSSR count). The zero-order valence-corrected chi connectivity index (χ0v) is 13.8. The number of carbonyl (C=O) groups excluding carboxylic acids is 1. The van der Waals surface area contributed by atoms with Crippen LogP contribution in [0.25, 0.3) is 0 Å². The number of nitrogens with zero attached hydrogens (tertiary/aromatic N) is 5. The van der Waals surface area contributed by atoms with Gasteiger partial charge in [0.15, 0.2) is 0 Å². The minimum Gasteiger partial charge on any atom is -0.479 e. The van der Waals surface area contributed by atoms with E-state index in [0.29, 0.717) is 42.7 Å². The number of aromatic nitrogens is 4. The molecular weight excluding hydrogens is 314 g/mol. The number of hydrogen-bond acceptors (Lipinski definition) is 7. The molecule has 1 amide bonds. The zero-order chi connectivity index (χ0) is 17.1. The second-order valence-electron chi connectivity index (χ2n) is 5.38. The predicted molar refractivity (Wildman–Crippen MR) is 83.3 cm³/mol. The number of hydrogen-bond donors (Lipinski definition) is 0. The van der Waals surface area contributed by atoms with Crippen LogP contribution in [0.15, 0.2) is 18.6 Å². The van der Waals surface area contributed by atoms with Crippen molar-refractivity contribution >= 4 is 5.91 Å². The van der Waals surface area contributed by atoms with E-state index in [1.165, 1.54) is 26.6 Å². The molecule has 0 aromatic carbocycles. The lowest BCUT2D eigenvalue weighted by atomic mass is 10.3. The van der Waals surface area contributed by atoms with Crippen molar-refractivity contribution in [1.82, 2.24) is 24.6 Å². The lowest BCUT2D eigenvalue weighted by molar-refractivity contribution is 0.0767. The zero-order valence-electron chi connectivity index (χ0n) is 13.8. The van der Waals surface area contributed by atoms with Gasteiger partial charge in [-0.25, -0.2) is 9.97 Å². The van der Waals surface area contributed by atoms with E-state index < -0.39 is 0 Å². The topological polar surface area (TPSA) is 91.6 Å². The molecule has 0 spiro atoms. The van der Waals surface area contributed by atoms with Crippen LogP contribution in [0.2, 0.25) is 0 Å². The van der Waals surface area contributed by atoms with Crippen LogP contribution in [0, 0.1) is 0 Å². The van der Waals surface area contributed by atoms with Crippen molar-refractivity contribution in [3.05, 3.63) is 24.2 Å². The number of aryl methyl sites for hydroxylation is 1. The fourth-order valence-electron chi connectivity index (χ4n) is 2.64. The van der Waals surface area contributed by atoms with Crippen LogP contribution in [-0.4, -0.2) is 64.0 Å². The van der Waals surface area contributed by atoms with Crippen molar-refractivity contribution in [3.63, 3.8) is 0 Å². The third-order valence-corrected chi connectivity index (χ3v) is 3.76. The molecule has 9 nitrogen and oxygen atoms in total. The van der Waals surface area contributed by atoms with E-state index in [1.54, 1.807) is 22.8 Å². The fourth-order valence-corrected chi connectivity index (χ4v) is 2.64. The number of likely N-dealkylation sites (tertiary alicyclic amines) is 1. The van der Waals surface area contributed by atoms with E-state index in [0.717, 1.165) is 0 Å². The summed E-state index contributed by atoms with van der Waals surface area (Å²) in [4.78, 5) is 22.5. The maximum absolute atomic E-state index is 12.6. The predicted octanol–water partition coefficient (Wildman–Crippen LogP) is 0.521. The minimum atomic E-state index is -0.165. The maximum Gasteiger partial charge on any atom is 0.278 e. The molecule has 0 N–H and O–H groups in total. The monoisotopic (exact) mass is 333 g/mol. The molecule has 9 heteroatoms. The van der Waals surface area contributed by atoms with E-state index >= 15 is 0 Å². The van der Waals surface area contributed by atoms with Crippen LogP contribution >= 0.6 is 0 Å². The summed E-state index contributed by atoms with van der Waals surface area (Å²) in [7, 11) is 4.75. The van der Waals surface area contributed by atoms with Gasteiger partial charge in [0.2, 0.25) is 5.88 Å². The summed E-state index contributed by atoms with van der Waals surface area (Å²) in [5, 5.41) is 4.11. The molecule has 0 radical (unpaired) electrons. The minimum absolute atomic E-state index is 0.128. The highest BCUT2D eigenvalue weighted by atomic mass is 16.5. The first-order valence-corrected chi connectivity index (χ1v) is 7.51. The summed E-state index contributed by atoms with van der Waals surface area (Å²) in [6, 6.07) is 0. The molecule has 0 bridgehead atoms. The van der Waals surface area contributed by atoms with Crippen molar-refractivity contribution in [2.45, 2.75) is 12.5 Å². The van der Waals surface area contributed by atoms with Gasteiger partial charge in [0, 0.05) is 38.6 Å². The second kappa shape index (κ2) is 6.73. The third-order valence-electron chi connectivity index (χ3n) is 3.76. The van der Waals surface area contributed by atoms with Gasteiger partial charge in [-0.3, -0.25) is 9.48 Å². The Morgan fingerprint density at radius 1 is 1.17 bits per heavy atom. The molecule has 0 saturated carbocycles. The number of amides is 1. The number of ether oxygens (including phenoxy) is 3. The van der Waals surface area contributed by atoms with Crippen LogP contribution in [0.5, 0.6) is 17.6 Å². The van der Waals surface area contributed by atoms with Gasteiger partial charge < -0.3 is 19.1 Å². The number of methoxy groups -OCH3 is 2. The lowest BCUT2D eigenvalue weighted by Crippen LogP contribution is -2.31. The number of rotatable bonds is 5. The smallest absolute Gasteiger partial charge is 0.278 e. The van der Waals surface area contributed by atoms with Gasteiger partial charge in [-0.05, 0) is 0 Å². The average molecular weight is 333 g/mol. The molecule has 128 valence electrons. The highest BCUT2D eigenvalue weighted by Gasteiger charge is 2.31. The molecule has 1 aliphatic rings. The van der Waals surface area contributed by atoms with Gasteiger partial charge >= 0.3 is 0 Å². The Balaban J connectivity index is 1.68. The van der Waals surface area contributed by atoms with Crippen molar-refractivity contribution in [3.8, 4) is 17.6 Å². The normalized spacial score (nSPS) is 17.0. The van der Waals surface area contributed by atoms with Gasteiger partial charge in [0.05, 0.1) is 20.8 Å². The Morgan fingerprint density at radius 2 is 1.88 bits per heavy atom. The molecule has 3 heterocycles. The van der Waals surface area contributed by atoms with E-state index in [4.69, 9.17) is 14.2 Å². The molecule has 24 heavy (non-hydrogen) atoms. The summed E-state index contributed by atoms with van der Waals surface area (Å²) >= 11 is 0. The molecule has 2 aromatic rings. The van der Waals surface area contributed by atoms with Gasteiger partial charge in [-0.15, -0.1) is 5.10 Å². The van der Waals surface area contributed by atoms with Crippen LogP contribution in [0.4, 0.5) is 0 Å². The Bertz CT molecular complexity index is 732. The Morgan fingerprint density at radius 3 is 2.58 bits per heavy atom. The first kappa shape index (κ1) is 16.0. The SMILES string of the molecule is COc1nn(C)cc1C(=O)N1CC[C@H](Oc2nccnc2OC)C1. The first-order chi connectivity index (χ1) is 11.6. The molecule has 1 fully saturated rings. The summed E-state index contributed by atoms with van der Waals surface area (Å²) in [5.74, 6) is 0.856. The van der Waals surface area contributed by atoms with Gasteiger partial charge in [0.25, 0.3) is 17.7 Å². The van der Waals surface area contributed by atoms with E-state index in [2.05, 4.69) is 15.1 Å².